The highest BCUT2D eigenvalue weighted by Gasteiger charge is 2.48. The molecule has 1 nitrogen and oxygen atoms in total. The lowest BCUT2D eigenvalue weighted by molar-refractivity contribution is -0.0691. The van der Waals surface area contributed by atoms with Crippen LogP contribution in [0.25, 0.3) is 0 Å². The van der Waals surface area contributed by atoms with Crippen LogP contribution in [0.1, 0.15) is 73.1 Å². The van der Waals surface area contributed by atoms with Gasteiger partial charge >= 0.3 is 0 Å². The van der Waals surface area contributed by atoms with Crippen LogP contribution in [0, 0.1) is 10.8 Å². The van der Waals surface area contributed by atoms with E-state index in [1.165, 1.54) is 25.7 Å². The molecule has 2 aliphatic rings. The van der Waals surface area contributed by atoms with Gasteiger partial charge in [-0.05, 0) is 70.1 Å². The zero-order chi connectivity index (χ0) is 12.9. The lowest BCUT2D eigenvalue weighted by atomic mass is 9.54. The number of rotatable bonds is 1. The van der Waals surface area contributed by atoms with E-state index in [4.69, 9.17) is 0 Å². The highest BCUT2D eigenvalue weighted by atomic mass is 16.3. The Morgan fingerprint density at radius 1 is 1.12 bits per heavy atom. The van der Waals surface area contributed by atoms with Gasteiger partial charge in [0.05, 0.1) is 5.60 Å². The Morgan fingerprint density at radius 2 is 1.76 bits per heavy atom. The van der Waals surface area contributed by atoms with E-state index in [2.05, 4.69) is 20.8 Å². The first-order valence-electron chi connectivity index (χ1n) is 7.09. The maximum Gasteiger partial charge on any atom is 0.0648 e. The van der Waals surface area contributed by atoms with Gasteiger partial charge in [-0.15, -0.1) is 0 Å². The van der Waals surface area contributed by atoms with Gasteiger partial charge in [-0.2, -0.15) is 0 Å². The van der Waals surface area contributed by atoms with Crippen LogP contribution < -0.4 is 0 Å². The van der Waals surface area contributed by atoms with E-state index in [0.717, 1.165) is 12.8 Å². The predicted molar refractivity (Wildman–Crippen MR) is 72.9 cm³/mol. The lowest BCUT2D eigenvalue weighted by Gasteiger charge is -2.52. The van der Waals surface area contributed by atoms with Crippen molar-refractivity contribution in [2.24, 2.45) is 10.8 Å². The Kier molecular flexibility index (Phi) is 2.97. The van der Waals surface area contributed by atoms with E-state index in [1.807, 2.05) is 13.8 Å². The van der Waals surface area contributed by atoms with Gasteiger partial charge in [0, 0.05) is 0 Å². The molecule has 0 amide bonds. The molecule has 0 spiro atoms. The highest BCUT2D eigenvalue weighted by molar-refractivity contribution is 5.28. The average Bonchev–Trinajstić information content (AvgIpc) is 2.19. The van der Waals surface area contributed by atoms with Crippen molar-refractivity contribution in [2.75, 3.05) is 0 Å². The van der Waals surface area contributed by atoms with Crippen molar-refractivity contribution in [3.63, 3.8) is 0 Å². The highest BCUT2D eigenvalue weighted by Crippen LogP contribution is 2.57. The fourth-order valence-corrected chi connectivity index (χ4v) is 3.75. The van der Waals surface area contributed by atoms with E-state index < -0.39 is 5.60 Å². The summed E-state index contributed by atoms with van der Waals surface area (Å²) in [6.07, 6.45) is 7.47. The van der Waals surface area contributed by atoms with E-state index in [1.54, 1.807) is 11.1 Å². The molecule has 0 saturated heterocycles. The number of hydrogen-bond acceptors (Lipinski definition) is 1. The first-order chi connectivity index (χ1) is 7.68. The normalized spacial score (nSPS) is 39.2. The molecule has 0 aromatic heterocycles. The number of hydrogen-bond donors (Lipinski definition) is 1. The van der Waals surface area contributed by atoms with Gasteiger partial charge in [-0.25, -0.2) is 0 Å². The van der Waals surface area contributed by atoms with Crippen LogP contribution in [0.5, 0.6) is 0 Å². The van der Waals surface area contributed by atoms with Gasteiger partial charge in [0.15, 0.2) is 0 Å². The third-order valence-electron chi connectivity index (χ3n) is 5.80. The fraction of sp³-hybridized carbons (Fsp3) is 0.875. The van der Waals surface area contributed by atoms with Gasteiger partial charge < -0.3 is 5.11 Å². The molecule has 2 aliphatic carbocycles. The zero-order valence-electron chi connectivity index (χ0n) is 12.2. The van der Waals surface area contributed by atoms with Crippen LogP contribution in [-0.4, -0.2) is 10.7 Å². The minimum absolute atomic E-state index is 0.0560. The summed E-state index contributed by atoms with van der Waals surface area (Å²) in [6.45, 7) is 11.0. The fourth-order valence-electron chi connectivity index (χ4n) is 3.75. The number of fused-ring (bicyclic) bond motifs is 1. The summed E-state index contributed by atoms with van der Waals surface area (Å²) >= 11 is 0. The van der Waals surface area contributed by atoms with Gasteiger partial charge in [0.1, 0.15) is 0 Å². The third-order valence-corrected chi connectivity index (χ3v) is 5.80. The van der Waals surface area contributed by atoms with Crippen molar-refractivity contribution in [1.29, 1.82) is 0 Å². The second-order valence-electron chi connectivity index (χ2n) is 7.47. The van der Waals surface area contributed by atoms with Crippen LogP contribution in [0.3, 0.4) is 0 Å². The van der Waals surface area contributed by atoms with E-state index in [0.29, 0.717) is 5.41 Å². The first-order valence-corrected chi connectivity index (χ1v) is 7.09. The van der Waals surface area contributed by atoms with Gasteiger partial charge in [0.25, 0.3) is 0 Å². The molecule has 0 bridgehead atoms. The van der Waals surface area contributed by atoms with E-state index in [-0.39, 0.29) is 5.41 Å². The third kappa shape index (κ3) is 2.07. The molecule has 2 rings (SSSR count). The standard InChI is InChI=1S/C16H28O/c1-12-7-6-8-15(4)9-10-16(5,11-13(12)15)14(2,3)17/h17H,6-11H2,1-5H3/t15-,16-/m1/s1. The summed E-state index contributed by atoms with van der Waals surface area (Å²) in [6, 6.07) is 0. The lowest BCUT2D eigenvalue weighted by Crippen LogP contribution is -2.47. The summed E-state index contributed by atoms with van der Waals surface area (Å²) in [4.78, 5) is 0. The second kappa shape index (κ2) is 3.85. The van der Waals surface area contributed by atoms with Crippen molar-refractivity contribution in [3.8, 4) is 0 Å². The van der Waals surface area contributed by atoms with E-state index in [9.17, 15) is 5.11 Å². The quantitative estimate of drug-likeness (QED) is 0.667. The van der Waals surface area contributed by atoms with Crippen LogP contribution in [0.2, 0.25) is 0 Å². The molecule has 1 saturated carbocycles. The molecule has 98 valence electrons. The second-order valence-corrected chi connectivity index (χ2v) is 7.47. The zero-order valence-corrected chi connectivity index (χ0v) is 12.2. The summed E-state index contributed by atoms with van der Waals surface area (Å²) < 4.78 is 0. The smallest absolute Gasteiger partial charge is 0.0648 e. The minimum Gasteiger partial charge on any atom is -0.390 e. The molecule has 0 radical (unpaired) electrons. The Labute approximate surface area is 106 Å². The summed E-state index contributed by atoms with van der Waals surface area (Å²) in [5.41, 5.74) is 3.20. The Balaban J connectivity index is 2.35. The van der Waals surface area contributed by atoms with Gasteiger partial charge in [-0.3, -0.25) is 0 Å². The van der Waals surface area contributed by atoms with Crippen molar-refractivity contribution < 1.29 is 5.11 Å². The van der Waals surface area contributed by atoms with Crippen molar-refractivity contribution in [2.45, 2.75) is 78.7 Å². The van der Waals surface area contributed by atoms with Crippen LogP contribution >= 0.6 is 0 Å². The van der Waals surface area contributed by atoms with Gasteiger partial charge in [-0.1, -0.05) is 25.0 Å². The molecular weight excluding hydrogens is 208 g/mol. The maximum absolute atomic E-state index is 10.4. The minimum atomic E-state index is -0.570. The molecular formula is C16H28O. The molecule has 1 heteroatoms. The Hall–Kier alpha value is -0.300. The number of allylic oxidation sites excluding steroid dienone is 2. The summed E-state index contributed by atoms with van der Waals surface area (Å²) in [7, 11) is 0. The summed E-state index contributed by atoms with van der Waals surface area (Å²) in [5, 5.41) is 10.4. The van der Waals surface area contributed by atoms with Crippen molar-refractivity contribution in [3.05, 3.63) is 11.1 Å². The molecule has 1 N–H and O–H groups in total. The SMILES string of the molecule is CC1=C2C[C@](C)(C(C)(C)O)CC[C@@]2(C)CCC1. The van der Waals surface area contributed by atoms with Crippen LogP contribution in [-0.2, 0) is 0 Å². The van der Waals surface area contributed by atoms with Crippen molar-refractivity contribution in [1.82, 2.24) is 0 Å². The van der Waals surface area contributed by atoms with E-state index >= 15 is 0 Å². The molecule has 0 heterocycles. The van der Waals surface area contributed by atoms with Gasteiger partial charge in [0.2, 0.25) is 0 Å². The largest absolute Gasteiger partial charge is 0.390 e. The monoisotopic (exact) mass is 236 g/mol. The molecule has 0 aromatic rings. The molecule has 2 atom stereocenters. The molecule has 1 fully saturated rings. The Bertz CT molecular complexity index is 347. The predicted octanol–water partition coefficient (Wildman–Crippen LogP) is 4.45. The van der Waals surface area contributed by atoms with Crippen LogP contribution in [0.15, 0.2) is 11.1 Å². The molecule has 17 heavy (non-hydrogen) atoms. The average molecular weight is 236 g/mol. The first kappa shape index (κ1) is 13.1. The van der Waals surface area contributed by atoms with Crippen molar-refractivity contribution >= 4 is 0 Å². The van der Waals surface area contributed by atoms with Crippen LogP contribution in [0.4, 0.5) is 0 Å². The molecule has 0 aromatic carbocycles. The maximum atomic E-state index is 10.4. The number of aliphatic hydroxyl groups is 1. The Morgan fingerprint density at radius 3 is 2.35 bits per heavy atom. The topological polar surface area (TPSA) is 20.2 Å². The summed E-state index contributed by atoms with van der Waals surface area (Å²) in [5.74, 6) is 0. The molecule has 0 unspecified atom stereocenters. The molecule has 0 aliphatic heterocycles.